The zero-order valence-electron chi connectivity index (χ0n) is 12.5. The van der Waals surface area contributed by atoms with E-state index in [1.807, 2.05) is 13.8 Å². The summed E-state index contributed by atoms with van der Waals surface area (Å²) in [4.78, 5) is 13.8. The molecule has 0 aliphatic heterocycles. The van der Waals surface area contributed by atoms with Gasteiger partial charge in [0.2, 0.25) is 0 Å². The number of hydrogen-bond donors (Lipinski definition) is 1. The molecule has 0 aromatic heterocycles. The monoisotopic (exact) mass is 282 g/mol. The van der Waals surface area contributed by atoms with Crippen molar-refractivity contribution < 1.29 is 13.9 Å². The van der Waals surface area contributed by atoms with Crippen LogP contribution in [0.2, 0.25) is 0 Å². The van der Waals surface area contributed by atoms with Gasteiger partial charge < -0.3 is 15.4 Å². The van der Waals surface area contributed by atoms with Crippen molar-refractivity contribution in [3.63, 3.8) is 0 Å². The van der Waals surface area contributed by atoms with Gasteiger partial charge >= 0.3 is 0 Å². The van der Waals surface area contributed by atoms with E-state index in [0.29, 0.717) is 18.8 Å². The molecule has 4 nitrogen and oxygen atoms in total. The Labute approximate surface area is 119 Å². The van der Waals surface area contributed by atoms with Gasteiger partial charge in [0.25, 0.3) is 5.91 Å². The Bertz CT molecular complexity index is 463. The van der Waals surface area contributed by atoms with Crippen LogP contribution in [0, 0.1) is 11.2 Å². The summed E-state index contributed by atoms with van der Waals surface area (Å²) in [7, 11) is 1.71. The van der Waals surface area contributed by atoms with Crippen molar-refractivity contribution in [1.29, 1.82) is 0 Å². The largest absolute Gasteiger partial charge is 0.481 e. The van der Waals surface area contributed by atoms with Gasteiger partial charge in [0, 0.05) is 19.7 Å². The van der Waals surface area contributed by atoms with Crippen LogP contribution in [0.1, 0.15) is 20.8 Å². The van der Waals surface area contributed by atoms with Crippen LogP contribution in [0.4, 0.5) is 4.39 Å². The zero-order chi connectivity index (χ0) is 15.3. The second kappa shape index (κ2) is 6.70. The van der Waals surface area contributed by atoms with E-state index >= 15 is 0 Å². The van der Waals surface area contributed by atoms with Crippen molar-refractivity contribution in [2.75, 3.05) is 20.1 Å². The molecule has 1 aromatic rings. The lowest BCUT2D eigenvalue weighted by Gasteiger charge is -2.30. The molecule has 20 heavy (non-hydrogen) atoms. The summed E-state index contributed by atoms with van der Waals surface area (Å²) in [5.74, 6) is -0.201. The standard InChI is InChI=1S/C15H23FN2O2/c1-11(20-13-7-5-6-12(16)8-13)14(19)18(4)10-15(2,3)9-17/h5-8,11H,9-10,17H2,1-4H3. The molecule has 112 valence electrons. The maximum absolute atomic E-state index is 13.1. The Morgan fingerprint density at radius 2 is 2.15 bits per heavy atom. The van der Waals surface area contributed by atoms with Crippen LogP contribution in [-0.4, -0.2) is 37.0 Å². The number of carbonyl (C=O) groups is 1. The summed E-state index contributed by atoms with van der Waals surface area (Å²) in [5.41, 5.74) is 5.51. The molecule has 1 atom stereocenters. The quantitative estimate of drug-likeness (QED) is 0.868. The van der Waals surface area contributed by atoms with Crippen LogP contribution < -0.4 is 10.5 Å². The highest BCUT2D eigenvalue weighted by Crippen LogP contribution is 2.17. The van der Waals surface area contributed by atoms with Gasteiger partial charge in [-0.2, -0.15) is 0 Å². The lowest BCUT2D eigenvalue weighted by Crippen LogP contribution is -2.44. The number of nitrogens with two attached hydrogens (primary N) is 1. The van der Waals surface area contributed by atoms with Crippen molar-refractivity contribution in [2.24, 2.45) is 11.1 Å². The highest BCUT2D eigenvalue weighted by atomic mass is 19.1. The maximum atomic E-state index is 13.1. The molecule has 0 aliphatic carbocycles. The van der Waals surface area contributed by atoms with E-state index in [1.165, 1.54) is 12.1 Å². The smallest absolute Gasteiger partial charge is 0.263 e. The molecule has 0 bridgehead atoms. The maximum Gasteiger partial charge on any atom is 0.263 e. The van der Waals surface area contributed by atoms with Gasteiger partial charge in [0.05, 0.1) is 0 Å². The van der Waals surface area contributed by atoms with Gasteiger partial charge in [-0.15, -0.1) is 0 Å². The third kappa shape index (κ3) is 4.81. The molecular weight excluding hydrogens is 259 g/mol. The average Bonchev–Trinajstić information content (AvgIpc) is 2.37. The Balaban J connectivity index is 2.63. The number of nitrogens with zero attached hydrogens (tertiary/aromatic N) is 1. The fourth-order valence-electron chi connectivity index (χ4n) is 1.89. The Morgan fingerprint density at radius 1 is 1.50 bits per heavy atom. The number of amides is 1. The van der Waals surface area contributed by atoms with Crippen LogP contribution in [0.15, 0.2) is 24.3 Å². The van der Waals surface area contributed by atoms with E-state index in [-0.39, 0.29) is 17.1 Å². The SMILES string of the molecule is CC(Oc1cccc(F)c1)C(=O)N(C)CC(C)(C)CN. The summed E-state index contributed by atoms with van der Waals surface area (Å²) < 4.78 is 18.5. The Kier molecular flexibility index (Phi) is 5.51. The number of benzene rings is 1. The molecule has 0 fully saturated rings. The molecule has 1 aromatic carbocycles. The first kappa shape index (κ1) is 16.4. The van der Waals surface area contributed by atoms with E-state index in [0.717, 1.165) is 0 Å². The molecule has 2 N–H and O–H groups in total. The lowest BCUT2D eigenvalue weighted by atomic mass is 9.93. The van der Waals surface area contributed by atoms with Crippen LogP contribution in [0.25, 0.3) is 0 Å². The lowest BCUT2D eigenvalue weighted by molar-refractivity contribution is -0.137. The number of halogens is 1. The first-order chi connectivity index (χ1) is 9.25. The van der Waals surface area contributed by atoms with Crippen LogP contribution >= 0.6 is 0 Å². The summed E-state index contributed by atoms with van der Waals surface area (Å²) >= 11 is 0. The van der Waals surface area contributed by atoms with Crippen molar-refractivity contribution >= 4 is 5.91 Å². The topological polar surface area (TPSA) is 55.6 Å². The Morgan fingerprint density at radius 3 is 2.70 bits per heavy atom. The van der Waals surface area contributed by atoms with Crippen molar-refractivity contribution in [2.45, 2.75) is 26.9 Å². The number of rotatable bonds is 6. The predicted molar refractivity (Wildman–Crippen MR) is 77.0 cm³/mol. The number of hydrogen-bond acceptors (Lipinski definition) is 3. The van der Waals surface area contributed by atoms with Gasteiger partial charge in [0.1, 0.15) is 11.6 Å². The highest BCUT2D eigenvalue weighted by molar-refractivity contribution is 5.80. The summed E-state index contributed by atoms with van der Waals surface area (Å²) in [6.07, 6.45) is -0.671. The molecule has 1 unspecified atom stereocenters. The van der Waals surface area contributed by atoms with Gasteiger partial charge in [-0.05, 0) is 31.0 Å². The fraction of sp³-hybridized carbons (Fsp3) is 0.533. The van der Waals surface area contributed by atoms with E-state index in [9.17, 15) is 9.18 Å². The third-order valence-electron chi connectivity index (χ3n) is 3.05. The minimum Gasteiger partial charge on any atom is -0.481 e. The van der Waals surface area contributed by atoms with E-state index in [1.54, 1.807) is 31.0 Å². The molecule has 0 saturated heterocycles. The normalized spacial score (nSPS) is 12.9. The van der Waals surface area contributed by atoms with E-state index < -0.39 is 6.10 Å². The Hall–Kier alpha value is -1.62. The van der Waals surface area contributed by atoms with Crippen LogP contribution in [0.5, 0.6) is 5.75 Å². The van der Waals surface area contributed by atoms with Crippen molar-refractivity contribution in [3.05, 3.63) is 30.1 Å². The van der Waals surface area contributed by atoms with E-state index in [2.05, 4.69) is 0 Å². The molecule has 5 heteroatoms. The first-order valence-corrected chi connectivity index (χ1v) is 6.62. The zero-order valence-corrected chi connectivity index (χ0v) is 12.5. The molecule has 0 radical (unpaired) electrons. The number of likely N-dealkylation sites (N-methyl/N-ethyl adjacent to an activating group) is 1. The highest BCUT2D eigenvalue weighted by Gasteiger charge is 2.25. The van der Waals surface area contributed by atoms with Gasteiger partial charge in [-0.1, -0.05) is 19.9 Å². The molecule has 1 rings (SSSR count). The molecule has 0 spiro atoms. The summed E-state index contributed by atoms with van der Waals surface area (Å²) in [5, 5.41) is 0. The number of ether oxygens (including phenoxy) is 1. The van der Waals surface area contributed by atoms with Crippen LogP contribution in [0.3, 0.4) is 0 Å². The molecule has 1 amide bonds. The second-order valence-corrected chi connectivity index (χ2v) is 5.78. The third-order valence-corrected chi connectivity index (χ3v) is 3.05. The second-order valence-electron chi connectivity index (χ2n) is 5.78. The van der Waals surface area contributed by atoms with Gasteiger partial charge in [-0.3, -0.25) is 4.79 Å². The van der Waals surface area contributed by atoms with Gasteiger partial charge in [-0.25, -0.2) is 4.39 Å². The van der Waals surface area contributed by atoms with Gasteiger partial charge in [0.15, 0.2) is 6.10 Å². The predicted octanol–water partition coefficient (Wildman–Crippen LogP) is 2.04. The minimum atomic E-state index is -0.671. The average molecular weight is 282 g/mol. The molecule has 0 aliphatic rings. The summed E-state index contributed by atoms with van der Waals surface area (Å²) in [6.45, 7) is 6.67. The van der Waals surface area contributed by atoms with Crippen molar-refractivity contribution in [1.82, 2.24) is 4.90 Å². The minimum absolute atomic E-state index is 0.150. The molecule has 0 saturated carbocycles. The fourth-order valence-corrected chi connectivity index (χ4v) is 1.89. The first-order valence-electron chi connectivity index (χ1n) is 6.62. The van der Waals surface area contributed by atoms with Crippen LogP contribution in [-0.2, 0) is 4.79 Å². The van der Waals surface area contributed by atoms with E-state index in [4.69, 9.17) is 10.5 Å². The summed E-state index contributed by atoms with van der Waals surface area (Å²) in [6, 6.07) is 5.75. The van der Waals surface area contributed by atoms with Crippen molar-refractivity contribution in [3.8, 4) is 5.75 Å². The molecular formula is C15H23FN2O2. The molecule has 0 heterocycles. The number of carbonyl (C=O) groups excluding carboxylic acids is 1.